The Morgan fingerprint density at radius 1 is 1.19 bits per heavy atom. The zero-order valence-corrected chi connectivity index (χ0v) is 10.4. The minimum atomic E-state index is 0.798. The third kappa shape index (κ3) is 2.39. The van der Waals surface area contributed by atoms with Gasteiger partial charge in [0, 0.05) is 22.7 Å². The number of hydrogen-bond donors (Lipinski definition) is 0. The summed E-state index contributed by atoms with van der Waals surface area (Å²) in [6.45, 7) is 3.76. The summed E-state index contributed by atoms with van der Waals surface area (Å²) in [5, 5.41) is 0. The summed E-state index contributed by atoms with van der Waals surface area (Å²) in [7, 11) is 0. The van der Waals surface area contributed by atoms with Gasteiger partial charge in [0.1, 0.15) is 0 Å². The Balaban J connectivity index is 2.46. The molecular formula is C14H12BrN. The van der Waals surface area contributed by atoms with Crippen LogP contribution in [-0.4, -0.2) is 4.98 Å². The van der Waals surface area contributed by atoms with Gasteiger partial charge in [-0.3, -0.25) is 4.98 Å². The third-order valence-electron chi connectivity index (χ3n) is 2.38. The molecule has 0 fully saturated rings. The summed E-state index contributed by atoms with van der Waals surface area (Å²) in [4.78, 5) is 4.38. The highest BCUT2D eigenvalue weighted by atomic mass is 79.9. The van der Waals surface area contributed by atoms with Gasteiger partial charge < -0.3 is 0 Å². The van der Waals surface area contributed by atoms with Gasteiger partial charge in [0.05, 0.1) is 5.69 Å². The Kier molecular flexibility index (Phi) is 3.52. The summed E-state index contributed by atoms with van der Waals surface area (Å²) >= 11 is 3.44. The Morgan fingerprint density at radius 3 is 2.62 bits per heavy atom. The van der Waals surface area contributed by atoms with Gasteiger partial charge in [0.15, 0.2) is 0 Å². The Bertz CT molecular complexity index is 488. The van der Waals surface area contributed by atoms with Crippen molar-refractivity contribution in [1.29, 1.82) is 0 Å². The summed E-state index contributed by atoms with van der Waals surface area (Å²) in [6, 6.07) is 12.3. The van der Waals surface area contributed by atoms with E-state index < -0.39 is 0 Å². The van der Waals surface area contributed by atoms with Crippen molar-refractivity contribution in [3.05, 3.63) is 65.4 Å². The van der Waals surface area contributed by atoms with Crippen molar-refractivity contribution in [3.8, 4) is 11.1 Å². The van der Waals surface area contributed by atoms with Crippen LogP contribution in [0.3, 0.4) is 0 Å². The van der Waals surface area contributed by atoms with E-state index >= 15 is 0 Å². The van der Waals surface area contributed by atoms with Crippen molar-refractivity contribution in [2.75, 3.05) is 0 Å². The van der Waals surface area contributed by atoms with Crippen LogP contribution in [0.2, 0.25) is 0 Å². The minimum Gasteiger partial charge on any atom is -0.260 e. The second kappa shape index (κ2) is 5.08. The van der Waals surface area contributed by atoms with Crippen LogP contribution >= 0.6 is 15.9 Å². The molecule has 0 saturated carbocycles. The minimum absolute atomic E-state index is 0.798. The van der Waals surface area contributed by atoms with E-state index in [1.165, 1.54) is 11.1 Å². The molecule has 0 aliphatic carbocycles. The van der Waals surface area contributed by atoms with E-state index in [4.69, 9.17) is 0 Å². The van der Waals surface area contributed by atoms with Crippen molar-refractivity contribution >= 4 is 15.9 Å². The van der Waals surface area contributed by atoms with E-state index in [0.29, 0.717) is 0 Å². The molecule has 1 aromatic carbocycles. The van der Waals surface area contributed by atoms with E-state index in [1.54, 1.807) is 0 Å². The molecule has 2 aromatic rings. The third-order valence-corrected chi connectivity index (χ3v) is 2.91. The van der Waals surface area contributed by atoms with Crippen LogP contribution in [-0.2, 0) is 6.42 Å². The maximum Gasteiger partial charge on any atom is 0.0519 e. The summed E-state index contributed by atoms with van der Waals surface area (Å²) < 4.78 is 1.09. The van der Waals surface area contributed by atoms with Gasteiger partial charge in [-0.05, 0) is 23.8 Å². The number of pyridine rings is 1. The molecule has 1 nitrogen and oxygen atoms in total. The van der Waals surface area contributed by atoms with Crippen LogP contribution in [0.1, 0.15) is 5.69 Å². The second-order valence-electron chi connectivity index (χ2n) is 3.50. The molecule has 0 radical (unpaired) electrons. The molecule has 1 heterocycles. The number of aromatic nitrogens is 1. The highest BCUT2D eigenvalue weighted by Gasteiger charge is 2.03. The molecule has 0 amide bonds. The average molecular weight is 274 g/mol. The topological polar surface area (TPSA) is 12.9 Å². The van der Waals surface area contributed by atoms with Gasteiger partial charge in [-0.25, -0.2) is 0 Å². The first-order chi connectivity index (χ1) is 7.81. The van der Waals surface area contributed by atoms with Gasteiger partial charge in [-0.15, -0.1) is 6.58 Å². The monoisotopic (exact) mass is 273 g/mol. The first-order valence-corrected chi connectivity index (χ1v) is 5.91. The highest BCUT2D eigenvalue weighted by Crippen LogP contribution is 2.24. The molecule has 0 unspecified atom stereocenters. The van der Waals surface area contributed by atoms with Crippen LogP contribution in [0.5, 0.6) is 0 Å². The zero-order valence-electron chi connectivity index (χ0n) is 8.86. The SMILES string of the molecule is C=CCc1ncccc1-c1ccc(Br)cc1. The van der Waals surface area contributed by atoms with E-state index in [1.807, 2.05) is 30.5 Å². The fourth-order valence-corrected chi connectivity index (χ4v) is 1.89. The van der Waals surface area contributed by atoms with Crippen LogP contribution in [0, 0.1) is 0 Å². The van der Waals surface area contributed by atoms with Crippen molar-refractivity contribution in [3.63, 3.8) is 0 Å². The molecule has 2 heteroatoms. The average Bonchev–Trinajstić information content (AvgIpc) is 2.32. The van der Waals surface area contributed by atoms with Crippen molar-refractivity contribution in [2.45, 2.75) is 6.42 Å². The lowest BCUT2D eigenvalue weighted by Gasteiger charge is -2.06. The van der Waals surface area contributed by atoms with Crippen LogP contribution in [0.4, 0.5) is 0 Å². The fraction of sp³-hybridized carbons (Fsp3) is 0.0714. The summed E-state index contributed by atoms with van der Waals surface area (Å²) in [6.07, 6.45) is 4.50. The largest absolute Gasteiger partial charge is 0.260 e. The van der Waals surface area contributed by atoms with Gasteiger partial charge >= 0.3 is 0 Å². The molecule has 16 heavy (non-hydrogen) atoms. The van der Waals surface area contributed by atoms with Crippen LogP contribution < -0.4 is 0 Å². The normalized spacial score (nSPS) is 10.1. The molecule has 0 N–H and O–H groups in total. The molecule has 1 aromatic heterocycles. The van der Waals surface area contributed by atoms with Gasteiger partial charge in [-0.2, -0.15) is 0 Å². The Morgan fingerprint density at radius 2 is 1.94 bits per heavy atom. The Hall–Kier alpha value is -1.41. The molecule has 0 saturated heterocycles. The number of rotatable bonds is 3. The number of hydrogen-bond acceptors (Lipinski definition) is 1. The Labute approximate surface area is 104 Å². The number of allylic oxidation sites excluding steroid dienone is 1. The van der Waals surface area contributed by atoms with Crippen LogP contribution in [0.25, 0.3) is 11.1 Å². The molecule has 80 valence electrons. The van der Waals surface area contributed by atoms with Crippen LogP contribution in [0.15, 0.2) is 59.7 Å². The summed E-state index contributed by atoms with van der Waals surface area (Å²) in [5.74, 6) is 0. The highest BCUT2D eigenvalue weighted by molar-refractivity contribution is 9.10. The first kappa shape index (κ1) is 11.1. The molecule has 0 bridgehead atoms. The standard InChI is InChI=1S/C14H12BrN/c1-2-4-14-13(5-3-10-16-14)11-6-8-12(15)9-7-11/h2-3,5-10H,1,4H2. The number of benzene rings is 1. The lowest BCUT2D eigenvalue weighted by Crippen LogP contribution is -1.91. The number of nitrogens with zero attached hydrogens (tertiary/aromatic N) is 1. The van der Waals surface area contributed by atoms with E-state index in [0.717, 1.165) is 16.6 Å². The molecular weight excluding hydrogens is 262 g/mol. The van der Waals surface area contributed by atoms with E-state index in [9.17, 15) is 0 Å². The quantitative estimate of drug-likeness (QED) is 0.763. The van der Waals surface area contributed by atoms with E-state index in [2.05, 4.69) is 45.7 Å². The maximum atomic E-state index is 4.38. The molecule has 0 aliphatic rings. The maximum absolute atomic E-state index is 4.38. The second-order valence-corrected chi connectivity index (χ2v) is 4.41. The lowest BCUT2D eigenvalue weighted by atomic mass is 10.0. The number of halogens is 1. The predicted molar refractivity (Wildman–Crippen MR) is 71.3 cm³/mol. The van der Waals surface area contributed by atoms with Gasteiger partial charge in [-0.1, -0.05) is 40.2 Å². The molecule has 0 spiro atoms. The van der Waals surface area contributed by atoms with Crippen molar-refractivity contribution in [1.82, 2.24) is 4.98 Å². The molecule has 0 atom stereocenters. The van der Waals surface area contributed by atoms with Crippen molar-refractivity contribution in [2.24, 2.45) is 0 Å². The predicted octanol–water partition coefficient (Wildman–Crippen LogP) is 4.24. The summed E-state index contributed by atoms with van der Waals surface area (Å²) in [5.41, 5.74) is 3.43. The fourth-order valence-electron chi connectivity index (χ4n) is 1.63. The van der Waals surface area contributed by atoms with E-state index in [-0.39, 0.29) is 0 Å². The smallest absolute Gasteiger partial charge is 0.0519 e. The molecule has 2 rings (SSSR count). The first-order valence-electron chi connectivity index (χ1n) is 5.12. The van der Waals surface area contributed by atoms with Gasteiger partial charge in [0.2, 0.25) is 0 Å². The molecule has 0 aliphatic heterocycles. The van der Waals surface area contributed by atoms with Gasteiger partial charge in [0.25, 0.3) is 0 Å². The zero-order chi connectivity index (χ0) is 11.4. The van der Waals surface area contributed by atoms with Crippen molar-refractivity contribution < 1.29 is 0 Å². The lowest BCUT2D eigenvalue weighted by molar-refractivity contribution is 1.12.